The molecule has 5 rings (SSSR count). The minimum atomic E-state index is -0.334. The highest BCUT2D eigenvalue weighted by Crippen LogP contribution is 2.32. The van der Waals surface area contributed by atoms with Gasteiger partial charge in [0.15, 0.2) is 5.13 Å². The van der Waals surface area contributed by atoms with Crippen LogP contribution < -0.4 is 10.1 Å². The van der Waals surface area contributed by atoms with Gasteiger partial charge in [-0.05, 0) is 48.0 Å². The summed E-state index contributed by atoms with van der Waals surface area (Å²) in [6.07, 6.45) is 1.37. The number of hydrogen-bond donors (Lipinski definition) is 1. The summed E-state index contributed by atoms with van der Waals surface area (Å²) in [5.74, 6) is 1.11. The smallest absolute Gasteiger partial charge is 0.227 e. The predicted octanol–water partition coefficient (Wildman–Crippen LogP) is 4.51. The van der Waals surface area contributed by atoms with E-state index in [2.05, 4.69) is 26.5 Å². The Balaban J connectivity index is 1.18. The molecule has 7 nitrogen and oxygen atoms in total. The molecule has 3 heterocycles. The van der Waals surface area contributed by atoms with Crippen LogP contribution in [0.1, 0.15) is 17.9 Å². The van der Waals surface area contributed by atoms with Gasteiger partial charge >= 0.3 is 0 Å². The lowest BCUT2D eigenvalue weighted by Gasteiger charge is -2.02. The summed E-state index contributed by atoms with van der Waals surface area (Å²) in [6, 6.07) is 11.8. The SMILES string of the molecule is O=C(CCc1nc(-c2ccc(F)cc2)no1)Nc1nc(-c2ccc3c(c2)CCO3)cs1. The molecule has 2 aromatic carbocycles. The van der Waals surface area contributed by atoms with Crippen LogP contribution in [0.25, 0.3) is 22.6 Å². The van der Waals surface area contributed by atoms with Crippen molar-refractivity contribution < 1.29 is 18.4 Å². The number of anilines is 1. The Labute approximate surface area is 180 Å². The number of rotatable bonds is 6. The molecular weight excluding hydrogens is 419 g/mol. The van der Waals surface area contributed by atoms with E-state index in [1.54, 1.807) is 12.1 Å². The van der Waals surface area contributed by atoms with Gasteiger partial charge in [-0.25, -0.2) is 9.37 Å². The van der Waals surface area contributed by atoms with E-state index in [4.69, 9.17) is 9.26 Å². The van der Waals surface area contributed by atoms with Gasteiger partial charge in [-0.1, -0.05) is 5.16 Å². The first-order valence-electron chi connectivity index (χ1n) is 9.74. The summed E-state index contributed by atoms with van der Waals surface area (Å²) >= 11 is 1.37. The number of amides is 1. The van der Waals surface area contributed by atoms with Crippen LogP contribution in [0.5, 0.6) is 5.75 Å². The summed E-state index contributed by atoms with van der Waals surface area (Å²) in [7, 11) is 0. The zero-order valence-electron chi connectivity index (χ0n) is 16.3. The van der Waals surface area contributed by atoms with Crippen molar-refractivity contribution in [2.75, 3.05) is 11.9 Å². The van der Waals surface area contributed by atoms with E-state index in [0.717, 1.165) is 23.4 Å². The standard InChI is InChI=1S/C22H17FN4O3S/c23-16-4-1-13(2-5-16)21-26-20(30-27-21)8-7-19(28)25-22-24-17(12-31-22)14-3-6-18-15(11-14)9-10-29-18/h1-6,11-12H,7-10H2,(H,24,25,28). The fraction of sp³-hybridized carbons (Fsp3) is 0.182. The molecule has 0 saturated heterocycles. The molecule has 2 aromatic heterocycles. The van der Waals surface area contributed by atoms with Crippen LogP contribution in [0, 0.1) is 5.82 Å². The van der Waals surface area contributed by atoms with E-state index in [1.807, 2.05) is 17.5 Å². The highest BCUT2D eigenvalue weighted by atomic mass is 32.1. The number of hydrogen-bond acceptors (Lipinski definition) is 7. The molecule has 0 spiro atoms. The van der Waals surface area contributed by atoms with Crippen molar-refractivity contribution in [2.45, 2.75) is 19.3 Å². The lowest BCUT2D eigenvalue weighted by Crippen LogP contribution is -2.12. The van der Waals surface area contributed by atoms with Gasteiger partial charge < -0.3 is 14.6 Å². The van der Waals surface area contributed by atoms with Crippen LogP contribution in [0.2, 0.25) is 0 Å². The number of carbonyl (C=O) groups is 1. The zero-order chi connectivity index (χ0) is 21.2. The first-order chi connectivity index (χ1) is 15.1. The van der Waals surface area contributed by atoms with Gasteiger partial charge in [0.25, 0.3) is 0 Å². The van der Waals surface area contributed by atoms with E-state index in [0.29, 0.717) is 35.4 Å². The Kier molecular flexibility index (Phi) is 5.17. The molecule has 1 aliphatic heterocycles. The lowest BCUT2D eigenvalue weighted by atomic mass is 10.1. The van der Waals surface area contributed by atoms with Gasteiger partial charge in [-0.3, -0.25) is 4.79 Å². The number of fused-ring (bicyclic) bond motifs is 1. The summed E-state index contributed by atoms with van der Waals surface area (Å²) in [6.45, 7) is 0.711. The van der Waals surface area contributed by atoms with Crippen LogP contribution in [-0.2, 0) is 17.6 Å². The molecule has 4 aromatic rings. The maximum absolute atomic E-state index is 13.0. The van der Waals surface area contributed by atoms with Crippen LogP contribution in [0.15, 0.2) is 52.4 Å². The second kappa shape index (κ2) is 8.27. The molecule has 0 aliphatic carbocycles. The molecule has 1 N–H and O–H groups in total. The Hall–Kier alpha value is -3.59. The van der Waals surface area contributed by atoms with Crippen molar-refractivity contribution in [2.24, 2.45) is 0 Å². The van der Waals surface area contributed by atoms with E-state index in [1.165, 1.54) is 29.0 Å². The highest BCUT2D eigenvalue weighted by molar-refractivity contribution is 7.14. The van der Waals surface area contributed by atoms with Crippen molar-refractivity contribution in [1.29, 1.82) is 0 Å². The molecular formula is C22H17FN4O3S. The second-order valence-corrected chi connectivity index (χ2v) is 7.88. The molecule has 0 bridgehead atoms. The average molecular weight is 436 g/mol. The van der Waals surface area contributed by atoms with Crippen molar-refractivity contribution in [1.82, 2.24) is 15.1 Å². The minimum Gasteiger partial charge on any atom is -0.493 e. The molecule has 1 aliphatic rings. The molecule has 156 valence electrons. The van der Waals surface area contributed by atoms with Crippen LogP contribution in [-0.4, -0.2) is 27.6 Å². The molecule has 31 heavy (non-hydrogen) atoms. The van der Waals surface area contributed by atoms with E-state index in [9.17, 15) is 9.18 Å². The number of nitrogens with one attached hydrogen (secondary N) is 1. The number of carbonyl (C=O) groups excluding carboxylic acids is 1. The highest BCUT2D eigenvalue weighted by Gasteiger charge is 2.15. The van der Waals surface area contributed by atoms with E-state index < -0.39 is 0 Å². The third kappa shape index (κ3) is 4.31. The largest absolute Gasteiger partial charge is 0.493 e. The number of nitrogens with zero attached hydrogens (tertiary/aromatic N) is 3. The summed E-state index contributed by atoms with van der Waals surface area (Å²) in [5, 5.41) is 9.14. The zero-order valence-corrected chi connectivity index (χ0v) is 17.1. The number of thiazole rings is 1. The number of benzene rings is 2. The average Bonchev–Trinajstić information content (AvgIpc) is 3.53. The Bertz CT molecular complexity index is 1240. The molecule has 0 fully saturated rings. The lowest BCUT2D eigenvalue weighted by molar-refractivity contribution is -0.116. The molecule has 0 radical (unpaired) electrons. The normalized spacial score (nSPS) is 12.4. The van der Waals surface area contributed by atoms with E-state index in [-0.39, 0.29) is 18.1 Å². The fourth-order valence-corrected chi connectivity index (χ4v) is 4.02. The van der Waals surface area contributed by atoms with Crippen LogP contribution in [0.3, 0.4) is 0 Å². The summed E-state index contributed by atoms with van der Waals surface area (Å²) < 4.78 is 23.8. The maximum Gasteiger partial charge on any atom is 0.227 e. The monoisotopic (exact) mass is 436 g/mol. The van der Waals surface area contributed by atoms with Crippen LogP contribution >= 0.6 is 11.3 Å². The van der Waals surface area contributed by atoms with E-state index >= 15 is 0 Å². The van der Waals surface area contributed by atoms with Crippen molar-refractivity contribution >= 4 is 22.4 Å². The van der Waals surface area contributed by atoms with Gasteiger partial charge in [-0.15, -0.1) is 11.3 Å². The van der Waals surface area contributed by atoms with Gasteiger partial charge in [0.05, 0.1) is 12.3 Å². The quantitative estimate of drug-likeness (QED) is 0.478. The predicted molar refractivity (Wildman–Crippen MR) is 113 cm³/mol. The van der Waals surface area contributed by atoms with Gasteiger partial charge in [0, 0.05) is 35.8 Å². The third-order valence-corrected chi connectivity index (χ3v) is 5.63. The first kappa shape index (κ1) is 19.4. The number of aromatic nitrogens is 3. The third-order valence-electron chi connectivity index (χ3n) is 4.87. The Morgan fingerprint density at radius 3 is 2.84 bits per heavy atom. The Morgan fingerprint density at radius 2 is 1.97 bits per heavy atom. The summed E-state index contributed by atoms with van der Waals surface area (Å²) in [4.78, 5) is 21.1. The second-order valence-electron chi connectivity index (χ2n) is 7.03. The van der Waals surface area contributed by atoms with Crippen molar-refractivity contribution in [3.8, 4) is 28.4 Å². The van der Waals surface area contributed by atoms with Gasteiger partial charge in [-0.2, -0.15) is 4.98 Å². The molecule has 0 saturated carbocycles. The minimum absolute atomic E-state index is 0.177. The molecule has 0 atom stereocenters. The van der Waals surface area contributed by atoms with Crippen molar-refractivity contribution in [3.63, 3.8) is 0 Å². The van der Waals surface area contributed by atoms with Crippen LogP contribution in [0.4, 0.5) is 9.52 Å². The van der Waals surface area contributed by atoms with Gasteiger partial charge in [0.2, 0.25) is 17.6 Å². The molecule has 1 amide bonds. The fourth-order valence-electron chi connectivity index (χ4n) is 3.28. The van der Waals surface area contributed by atoms with Crippen molar-refractivity contribution in [3.05, 3.63) is 65.1 Å². The topological polar surface area (TPSA) is 90.1 Å². The van der Waals surface area contributed by atoms with Gasteiger partial charge in [0.1, 0.15) is 11.6 Å². The summed E-state index contributed by atoms with van der Waals surface area (Å²) in [5.41, 5.74) is 3.64. The number of aryl methyl sites for hydroxylation is 1. The first-order valence-corrected chi connectivity index (χ1v) is 10.6. The number of ether oxygens (including phenoxy) is 1. The Morgan fingerprint density at radius 1 is 1.13 bits per heavy atom. The maximum atomic E-state index is 13.0. The molecule has 9 heteroatoms. The number of halogens is 1. The molecule has 0 unspecified atom stereocenters.